The predicted octanol–water partition coefficient (Wildman–Crippen LogP) is 2.53. The molecular formula is C14H21NO. The number of fused-ring (bicyclic) bond motifs is 1. The highest BCUT2D eigenvalue weighted by molar-refractivity contribution is 5.42. The third-order valence-electron chi connectivity index (χ3n) is 3.39. The predicted molar refractivity (Wildman–Crippen MR) is 66.9 cm³/mol. The van der Waals surface area contributed by atoms with Crippen LogP contribution in [0.5, 0.6) is 0 Å². The molecule has 0 fully saturated rings. The first-order valence-corrected chi connectivity index (χ1v) is 6.14. The minimum Gasteiger partial charge on any atom is -0.379 e. The SMILES string of the molecule is CCNC1COCCc2c(C)ccc(C)c21. The van der Waals surface area contributed by atoms with Gasteiger partial charge in [-0.15, -0.1) is 0 Å². The molecule has 1 aliphatic heterocycles. The summed E-state index contributed by atoms with van der Waals surface area (Å²) in [7, 11) is 0. The van der Waals surface area contributed by atoms with Gasteiger partial charge in [0.05, 0.1) is 19.3 Å². The molecule has 1 N–H and O–H groups in total. The van der Waals surface area contributed by atoms with Gasteiger partial charge >= 0.3 is 0 Å². The van der Waals surface area contributed by atoms with Gasteiger partial charge in [0.15, 0.2) is 0 Å². The van der Waals surface area contributed by atoms with Crippen molar-refractivity contribution in [1.29, 1.82) is 0 Å². The third kappa shape index (κ3) is 2.13. The monoisotopic (exact) mass is 219 g/mol. The minimum atomic E-state index is 0.363. The maximum absolute atomic E-state index is 5.69. The fourth-order valence-corrected chi connectivity index (χ4v) is 2.57. The number of nitrogens with one attached hydrogen (secondary N) is 1. The minimum absolute atomic E-state index is 0.363. The van der Waals surface area contributed by atoms with Crippen LogP contribution >= 0.6 is 0 Å². The molecule has 1 aromatic rings. The zero-order chi connectivity index (χ0) is 11.5. The number of aryl methyl sites for hydroxylation is 2. The zero-order valence-corrected chi connectivity index (χ0v) is 10.5. The van der Waals surface area contributed by atoms with Gasteiger partial charge in [-0.05, 0) is 49.1 Å². The first-order valence-electron chi connectivity index (χ1n) is 6.14. The summed E-state index contributed by atoms with van der Waals surface area (Å²) in [5.41, 5.74) is 5.74. The number of rotatable bonds is 2. The van der Waals surface area contributed by atoms with Crippen LogP contribution in [0.25, 0.3) is 0 Å². The molecule has 2 rings (SSSR count). The molecule has 0 amide bonds. The van der Waals surface area contributed by atoms with Crippen molar-refractivity contribution in [3.8, 4) is 0 Å². The van der Waals surface area contributed by atoms with Crippen LogP contribution in [0, 0.1) is 13.8 Å². The molecule has 0 aromatic heterocycles. The molecule has 16 heavy (non-hydrogen) atoms. The van der Waals surface area contributed by atoms with Crippen molar-refractivity contribution in [1.82, 2.24) is 5.32 Å². The van der Waals surface area contributed by atoms with Crippen LogP contribution in [0.1, 0.15) is 35.2 Å². The summed E-state index contributed by atoms with van der Waals surface area (Å²) in [6.45, 7) is 9.18. The Balaban J connectivity index is 2.46. The van der Waals surface area contributed by atoms with E-state index in [1.54, 1.807) is 0 Å². The van der Waals surface area contributed by atoms with Crippen LogP contribution < -0.4 is 5.32 Å². The molecule has 0 aliphatic carbocycles. The highest BCUT2D eigenvalue weighted by Gasteiger charge is 2.21. The molecule has 1 aliphatic rings. The number of hydrogen-bond donors (Lipinski definition) is 1. The summed E-state index contributed by atoms with van der Waals surface area (Å²) >= 11 is 0. The maximum Gasteiger partial charge on any atom is 0.0661 e. The highest BCUT2D eigenvalue weighted by Crippen LogP contribution is 2.28. The number of likely N-dealkylation sites (N-methyl/N-ethyl adjacent to an activating group) is 1. The lowest BCUT2D eigenvalue weighted by Gasteiger charge is -2.21. The van der Waals surface area contributed by atoms with Gasteiger partial charge in [-0.2, -0.15) is 0 Å². The summed E-state index contributed by atoms with van der Waals surface area (Å²) in [4.78, 5) is 0. The first-order chi connectivity index (χ1) is 7.74. The summed E-state index contributed by atoms with van der Waals surface area (Å²) in [6, 6.07) is 4.81. The van der Waals surface area contributed by atoms with Gasteiger partial charge in [0, 0.05) is 0 Å². The second-order valence-electron chi connectivity index (χ2n) is 4.53. The lowest BCUT2D eigenvalue weighted by molar-refractivity contribution is 0.122. The number of benzene rings is 1. The van der Waals surface area contributed by atoms with E-state index >= 15 is 0 Å². The lowest BCUT2D eigenvalue weighted by atomic mass is 9.91. The van der Waals surface area contributed by atoms with Crippen molar-refractivity contribution in [3.63, 3.8) is 0 Å². The topological polar surface area (TPSA) is 21.3 Å². The first kappa shape index (κ1) is 11.6. The van der Waals surface area contributed by atoms with E-state index in [9.17, 15) is 0 Å². The molecule has 1 unspecified atom stereocenters. The molecule has 0 saturated carbocycles. The summed E-state index contributed by atoms with van der Waals surface area (Å²) in [5, 5.41) is 3.52. The Bertz CT molecular complexity index is 373. The van der Waals surface area contributed by atoms with E-state index in [1.165, 1.54) is 22.3 Å². The van der Waals surface area contributed by atoms with Crippen LogP contribution in [-0.2, 0) is 11.2 Å². The van der Waals surface area contributed by atoms with Crippen molar-refractivity contribution >= 4 is 0 Å². The Hall–Kier alpha value is -0.860. The van der Waals surface area contributed by atoms with E-state index in [4.69, 9.17) is 4.74 Å². The van der Waals surface area contributed by atoms with Gasteiger partial charge in [-0.25, -0.2) is 0 Å². The molecular weight excluding hydrogens is 198 g/mol. The quantitative estimate of drug-likeness (QED) is 0.825. The van der Waals surface area contributed by atoms with Gasteiger partial charge < -0.3 is 10.1 Å². The normalized spacial score (nSPS) is 20.3. The molecule has 0 radical (unpaired) electrons. The molecule has 0 bridgehead atoms. The van der Waals surface area contributed by atoms with Crippen LogP contribution in [0.2, 0.25) is 0 Å². The molecule has 2 nitrogen and oxygen atoms in total. The molecule has 88 valence electrons. The lowest BCUT2D eigenvalue weighted by Crippen LogP contribution is -2.25. The van der Waals surface area contributed by atoms with Gasteiger partial charge in [-0.1, -0.05) is 19.1 Å². The standard InChI is InChI=1S/C14H21NO/c1-4-15-13-9-16-8-7-12-10(2)5-6-11(3)14(12)13/h5-6,13,15H,4,7-9H2,1-3H3. The Labute approximate surface area is 98.0 Å². The number of ether oxygens (including phenoxy) is 1. The molecule has 2 heteroatoms. The molecule has 1 atom stereocenters. The summed E-state index contributed by atoms with van der Waals surface area (Å²) in [6.07, 6.45) is 1.05. The smallest absolute Gasteiger partial charge is 0.0661 e. The maximum atomic E-state index is 5.69. The fourth-order valence-electron chi connectivity index (χ4n) is 2.57. The fraction of sp³-hybridized carbons (Fsp3) is 0.571. The van der Waals surface area contributed by atoms with Crippen LogP contribution in [0.15, 0.2) is 12.1 Å². The Morgan fingerprint density at radius 3 is 2.81 bits per heavy atom. The van der Waals surface area contributed by atoms with Crippen molar-refractivity contribution < 1.29 is 4.74 Å². The van der Waals surface area contributed by atoms with Crippen LogP contribution in [0.3, 0.4) is 0 Å². The van der Waals surface area contributed by atoms with Crippen LogP contribution in [0.4, 0.5) is 0 Å². The average Bonchev–Trinajstić information content (AvgIpc) is 2.48. The molecule has 1 heterocycles. The van der Waals surface area contributed by atoms with E-state index in [2.05, 4.69) is 38.2 Å². The van der Waals surface area contributed by atoms with Gasteiger partial charge in [0.1, 0.15) is 0 Å². The van der Waals surface area contributed by atoms with Gasteiger partial charge in [0.2, 0.25) is 0 Å². The van der Waals surface area contributed by atoms with Crippen LogP contribution in [-0.4, -0.2) is 19.8 Å². The van der Waals surface area contributed by atoms with E-state index in [1.807, 2.05) is 0 Å². The van der Waals surface area contributed by atoms with Crippen molar-refractivity contribution in [2.45, 2.75) is 33.2 Å². The molecule has 1 aromatic carbocycles. The van der Waals surface area contributed by atoms with Crippen molar-refractivity contribution in [3.05, 3.63) is 34.4 Å². The number of hydrogen-bond acceptors (Lipinski definition) is 2. The summed E-state index contributed by atoms with van der Waals surface area (Å²) < 4.78 is 5.69. The van der Waals surface area contributed by atoms with E-state index < -0.39 is 0 Å². The zero-order valence-electron chi connectivity index (χ0n) is 10.5. The van der Waals surface area contributed by atoms with E-state index in [0.717, 1.165) is 26.2 Å². The van der Waals surface area contributed by atoms with Crippen molar-refractivity contribution in [2.24, 2.45) is 0 Å². The Morgan fingerprint density at radius 1 is 1.31 bits per heavy atom. The van der Waals surface area contributed by atoms with E-state index in [-0.39, 0.29) is 0 Å². The van der Waals surface area contributed by atoms with Gasteiger partial charge in [-0.3, -0.25) is 0 Å². The van der Waals surface area contributed by atoms with E-state index in [0.29, 0.717) is 6.04 Å². The Kier molecular flexibility index (Phi) is 3.62. The van der Waals surface area contributed by atoms with Gasteiger partial charge in [0.25, 0.3) is 0 Å². The van der Waals surface area contributed by atoms with Crippen molar-refractivity contribution in [2.75, 3.05) is 19.8 Å². The molecule has 0 saturated heterocycles. The second kappa shape index (κ2) is 4.98. The largest absolute Gasteiger partial charge is 0.379 e. The summed E-state index contributed by atoms with van der Waals surface area (Å²) in [5.74, 6) is 0. The third-order valence-corrected chi connectivity index (χ3v) is 3.39. The highest BCUT2D eigenvalue weighted by atomic mass is 16.5. The average molecular weight is 219 g/mol. The second-order valence-corrected chi connectivity index (χ2v) is 4.53. The molecule has 0 spiro atoms. The Morgan fingerprint density at radius 2 is 2.06 bits per heavy atom.